The van der Waals surface area contributed by atoms with Gasteiger partial charge in [0.25, 0.3) is 5.56 Å². The second kappa shape index (κ2) is 5.53. The summed E-state index contributed by atoms with van der Waals surface area (Å²) in [5, 5.41) is 12.0. The Morgan fingerprint density at radius 3 is 2.88 bits per heavy atom. The van der Waals surface area contributed by atoms with Gasteiger partial charge < -0.3 is 5.32 Å². The van der Waals surface area contributed by atoms with Gasteiger partial charge in [0.1, 0.15) is 11.5 Å². The molecule has 3 aromatic heterocycles. The summed E-state index contributed by atoms with van der Waals surface area (Å²) >= 11 is 1.24. The first kappa shape index (κ1) is 14.5. The number of nitrogens with zero attached hydrogens (tertiary/aromatic N) is 5. The fourth-order valence-corrected chi connectivity index (χ4v) is 3.10. The first-order valence-electron chi connectivity index (χ1n) is 7.05. The van der Waals surface area contributed by atoms with E-state index in [9.17, 15) is 9.18 Å². The van der Waals surface area contributed by atoms with Crippen LogP contribution in [0.4, 0.5) is 15.2 Å². The maximum atomic E-state index is 13.9. The smallest absolute Gasteiger partial charge is 0.275 e. The Labute approximate surface area is 139 Å². The minimum atomic E-state index is -0.356. The van der Waals surface area contributed by atoms with Gasteiger partial charge in [-0.15, -0.1) is 5.10 Å². The molecule has 1 N–H and O–H groups in total. The standard InChI is InChI=1S/C15H11FN6OS/c1-9-11(8-18-21(9)12-5-3-2-4-10(12)16)19-14-20-22-13(23)6-7-17-15(22)24-14/h2-8H,1H3,(H,19,20). The van der Waals surface area contributed by atoms with Crippen molar-refractivity contribution in [2.45, 2.75) is 6.92 Å². The molecule has 0 aliphatic carbocycles. The van der Waals surface area contributed by atoms with Crippen LogP contribution >= 0.6 is 11.3 Å². The quantitative estimate of drug-likeness (QED) is 0.619. The molecule has 0 atom stereocenters. The van der Waals surface area contributed by atoms with E-state index in [2.05, 4.69) is 20.5 Å². The molecule has 0 fully saturated rings. The lowest BCUT2D eigenvalue weighted by molar-refractivity contribution is 0.608. The Kier molecular flexibility index (Phi) is 3.35. The number of aromatic nitrogens is 5. The molecule has 0 aliphatic rings. The lowest BCUT2D eigenvalue weighted by Crippen LogP contribution is -2.12. The highest BCUT2D eigenvalue weighted by atomic mass is 32.1. The van der Waals surface area contributed by atoms with Crippen LogP contribution in [0.2, 0.25) is 0 Å². The number of para-hydroxylation sites is 1. The maximum Gasteiger partial charge on any atom is 0.275 e. The summed E-state index contributed by atoms with van der Waals surface area (Å²) < 4.78 is 16.7. The number of nitrogens with one attached hydrogen (secondary N) is 1. The number of fused-ring (bicyclic) bond motifs is 1. The Hall–Kier alpha value is -3.07. The minimum absolute atomic E-state index is 0.247. The molecule has 0 radical (unpaired) electrons. The van der Waals surface area contributed by atoms with E-state index in [1.807, 2.05) is 6.92 Å². The van der Waals surface area contributed by atoms with E-state index in [0.29, 0.717) is 21.5 Å². The molecule has 4 rings (SSSR count). The molecule has 0 spiro atoms. The average Bonchev–Trinajstić information content (AvgIpc) is 3.14. The number of hydrogen-bond donors (Lipinski definition) is 1. The first-order valence-corrected chi connectivity index (χ1v) is 7.86. The molecule has 24 heavy (non-hydrogen) atoms. The third-order valence-electron chi connectivity index (χ3n) is 3.50. The highest BCUT2D eigenvalue weighted by Crippen LogP contribution is 2.25. The van der Waals surface area contributed by atoms with Crippen LogP contribution in [0.3, 0.4) is 0 Å². The highest BCUT2D eigenvalue weighted by molar-refractivity contribution is 7.20. The molecule has 0 saturated heterocycles. The largest absolute Gasteiger partial charge is 0.327 e. The number of rotatable bonds is 3. The molecule has 120 valence electrons. The summed E-state index contributed by atoms with van der Waals surface area (Å²) in [5.41, 5.74) is 1.51. The Morgan fingerprint density at radius 1 is 1.25 bits per heavy atom. The summed E-state index contributed by atoms with van der Waals surface area (Å²) in [6.45, 7) is 1.82. The minimum Gasteiger partial charge on any atom is -0.327 e. The van der Waals surface area contributed by atoms with Crippen LogP contribution in [0.5, 0.6) is 0 Å². The molecule has 0 amide bonds. The van der Waals surface area contributed by atoms with Crippen molar-refractivity contribution in [3.63, 3.8) is 0 Å². The molecule has 3 heterocycles. The Morgan fingerprint density at radius 2 is 2.08 bits per heavy atom. The molecule has 9 heteroatoms. The number of benzene rings is 1. The molecule has 0 saturated carbocycles. The fourth-order valence-electron chi connectivity index (χ4n) is 2.31. The third kappa shape index (κ3) is 2.35. The van der Waals surface area contributed by atoms with Gasteiger partial charge in [-0.1, -0.05) is 23.5 Å². The predicted molar refractivity (Wildman–Crippen MR) is 88.7 cm³/mol. The van der Waals surface area contributed by atoms with Crippen LogP contribution in [0.1, 0.15) is 5.69 Å². The van der Waals surface area contributed by atoms with E-state index in [-0.39, 0.29) is 11.4 Å². The predicted octanol–water partition coefficient (Wildman–Crippen LogP) is 2.53. The van der Waals surface area contributed by atoms with E-state index in [4.69, 9.17) is 0 Å². The van der Waals surface area contributed by atoms with Gasteiger partial charge in [-0.05, 0) is 19.1 Å². The van der Waals surface area contributed by atoms with Gasteiger partial charge in [0.05, 0.1) is 17.6 Å². The van der Waals surface area contributed by atoms with Crippen LogP contribution in [0.15, 0.2) is 47.5 Å². The SMILES string of the molecule is Cc1c(Nc2nn3c(=O)ccnc3s2)cnn1-c1ccccc1F. The third-order valence-corrected chi connectivity index (χ3v) is 4.34. The van der Waals surface area contributed by atoms with Gasteiger partial charge in [0, 0.05) is 12.3 Å². The topological polar surface area (TPSA) is 77.1 Å². The van der Waals surface area contributed by atoms with Gasteiger partial charge in [-0.25, -0.2) is 14.1 Å². The van der Waals surface area contributed by atoms with Crippen molar-refractivity contribution in [2.75, 3.05) is 5.32 Å². The number of halogens is 1. The molecular weight excluding hydrogens is 331 g/mol. The van der Waals surface area contributed by atoms with Gasteiger partial charge in [-0.3, -0.25) is 4.79 Å². The highest BCUT2D eigenvalue weighted by Gasteiger charge is 2.13. The molecular formula is C15H11FN6OS. The van der Waals surface area contributed by atoms with E-state index >= 15 is 0 Å². The maximum absolute atomic E-state index is 13.9. The van der Waals surface area contributed by atoms with Gasteiger partial charge in [0.15, 0.2) is 0 Å². The molecule has 1 aromatic carbocycles. The van der Waals surface area contributed by atoms with Crippen LogP contribution in [-0.4, -0.2) is 24.4 Å². The van der Waals surface area contributed by atoms with Crippen LogP contribution in [-0.2, 0) is 0 Å². The summed E-state index contributed by atoms with van der Waals surface area (Å²) in [6, 6.07) is 7.76. The Balaban J connectivity index is 1.72. The van der Waals surface area contributed by atoms with Crippen molar-refractivity contribution in [1.82, 2.24) is 24.4 Å². The zero-order valence-electron chi connectivity index (χ0n) is 12.5. The van der Waals surface area contributed by atoms with E-state index in [1.54, 1.807) is 24.4 Å². The zero-order chi connectivity index (χ0) is 16.7. The lowest BCUT2D eigenvalue weighted by atomic mass is 10.3. The number of hydrogen-bond acceptors (Lipinski definition) is 6. The Bertz CT molecular complexity index is 1100. The summed E-state index contributed by atoms with van der Waals surface area (Å²) in [7, 11) is 0. The van der Waals surface area contributed by atoms with Gasteiger partial charge >= 0.3 is 0 Å². The summed E-state index contributed by atoms with van der Waals surface area (Å²) in [5.74, 6) is -0.356. The van der Waals surface area contributed by atoms with E-state index in [1.165, 1.54) is 38.9 Å². The van der Waals surface area contributed by atoms with Gasteiger partial charge in [0.2, 0.25) is 10.1 Å². The molecule has 7 nitrogen and oxygen atoms in total. The van der Waals surface area contributed by atoms with Crippen molar-refractivity contribution >= 4 is 27.1 Å². The zero-order valence-corrected chi connectivity index (χ0v) is 13.3. The van der Waals surface area contributed by atoms with Crippen molar-refractivity contribution in [3.05, 3.63) is 64.6 Å². The summed E-state index contributed by atoms with van der Waals surface area (Å²) in [6.07, 6.45) is 3.03. The van der Waals surface area contributed by atoms with Crippen molar-refractivity contribution in [3.8, 4) is 5.69 Å². The van der Waals surface area contributed by atoms with E-state index in [0.717, 1.165) is 5.69 Å². The van der Waals surface area contributed by atoms with E-state index < -0.39 is 0 Å². The van der Waals surface area contributed by atoms with Crippen LogP contribution in [0, 0.1) is 12.7 Å². The average molecular weight is 342 g/mol. The normalized spacial score (nSPS) is 11.1. The lowest BCUT2D eigenvalue weighted by Gasteiger charge is -2.06. The summed E-state index contributed by atoms with van der Waals surface area (Å²) in [4.78, 5) is 16.3. The van der Waals surface area contributed by atoms with Crippen molar-refractivity contribution in [2.24, 2.45) is 0 Å². The van der Waals surface area contributed by atoms with Crippen molar-refractivity contribution < 1.29 is 4.39 Å². The van der Waals surface area contributed by atoms with Crippen molar-refractivity contribution in [1.29, 1.82) is 0 Å². The van der Waals surface area contributed by atoms with Crippen LogP contribution in [0.25, 0.3) is 10.6 Å². The molecule has 0 bridgehead atoms. The van der Waals surface area contributed by atoms with Crippen LogP contribution < -0.4 is 10.9 Å². The van der Waals surface area contributed by atoms with Gasteiger partial charge in [-0.2, -0.15) is 9.61 Å². The second-order valence-corrected chi connectivity index (χ2v) is 5.97. The molecule has 0 unspecified atom stereocenters. The fraction of sp³-hybridized carbons (Fsp3) is 0.0667. The molecule has 0 aliphatic heterocycles. The first-order chi connectivity index (χ1) is 11.6. The molecule has 4 aromatic rings. The monoisotopic (exact) mass is 342 g/mol. The second-order valence-electron chi connectivity index (χ2n) is 5.02. The number of anilines is 2.